The molecular weight excluding hydrogens is 180 g/mol. The maximum atomic E-state index is 5.65. The highest BCUT2D eigenvalue weighted by Gasteiger charge is 2.22. The molecule has 1 aliphatic carbocycles. The molecule has 0 spiro atoms. The van der Waals surface area contributed by atoms with Crippen LogP contribution in [0.1, 0.15) is 36.6 Å². The van der Waals surface area contributed by atoms with Gasteiger partial charge in [0.2, 0.25) is 0 Å². The predicted octanol–water partition coefficient (Wildman–Crippen LogP) is 2.38. The van der Waals surface area contributed by atoms with E-state index in [9.17, 15) is 0 Å². The highest BCUT2D eigenvalue weighted by atomic mass is 32.1. The number of thiazole rings is 1. The molecule has 1 heterocycles. The molecule has 2 nitrogen and oxygen atoms in total. The van der Waals surface area contributed by atoms with Gasteiger partial charge >= 0.3 is 0 Å². The molecule has 1 aromatic heterocycles. The molecule has 13 heavy (non-hydrogen) atoms. The van der Waals surface area contributed by atoms with Gasteiger partial charge in [-0.2, -0.15) is 0 Å². The van der Waals surface area contributed by atoms with Crippen molar-refractivity contribution in [3.63, 3.8) is 0 Å². The van der Waals surface area contributed by atoms with Gasteiger partial charge in [-0.1, -0.05) is 0 Å². The maximum absolute atomic E-state index is 5.65. The minimum Gasteiger partial charge on any atom is -0.330 e. The van der Waals surface area contributed by atoms with Gasteiger partial charge in [-0.15, -0.1) is 11.3 Å². The topological polar surface area (TPSA) is 38.9 Å². The van der Waals surface area contributed by atoms with E-state index >= 15 is 0 Å². The minimum atomic E-state index is 0.725. The molecule has 0 amide bonds. The van der Waals surface area contributed by atoms with Crippen molar-refractivity contribution in [1.82, 2.24) is 4.98 Å². The third kappa shape index (κ3) is 2.09. The van der Waals surface area contributed by atoms with Crippen LogP contribution < -0.4 is 5.73 Å². The Hall–Kier alpha value is -0.410. The van der Waals surface area contributed by atoms with Crippen molar-refractivity contribution in [1.29, 1.82) is 0 Å². The Morgan fingerprint density at radius 3 is 2.69 bits per heavy atom. The lowest BCUT2D eigenvalue weighted by atomic mass is 9.82. The molecule has 0 aliphatic heterocycles. The second-order valence-electron chi connectivity index (χ2n) is 3.82. The first-order valence-electron chi connectivity index (χ1n) is 4.99. The van der Waals surface area contributed by atoms with Crippen LogP contribution in [0.3, 0.4) is 0 Å². The first-order chi connectivity index (χ1) is 6.40. The van der Waals surface area contributed by atoms with Crippen molar-refractivity contribution in [3.05, 3.63) is 16.6 Å². The predicted molar refractivity (Wildman–Crippen MR) is 55.9 cm³/mol. The summed E-state index contributed by atoms with van der Waals surface area (Å²) < 4.78 is 0. The standard InChI is InChI=1S/C10H16N2S/c11-7-8-1-3-9(4-2-8)10-12-5-6-13-10/h5-6,8-9H,1-4,7,11H2/t8-,9-. The number of rotatable bonds is 2. The molecule has 1 aromatic rings. The zero-order chi connectivity index (χ0) is 9.10. The van der Waals surface area contributed by atoms with E-state index in [1.165, 1.54) is 30.7 Å². The average Bonchev–Trinajstić information content (AvgIpc) is 2.71. The van der Waals surface area contributed by atoms with E-state index < -0.39 is 0 Å². The second-order valence-corrected chi connectivity index (χ2v) is 4.75. The highest BCUT2D eigenvalue weighted by molar-refractivity contribution is 7.09. The molecule has 1 saturated carbocycles. The zero-order valence-corrected chi connectivity index (χ0v) is 8.59. The van der Waals surface area contributed by atoms with Crippen molar-refractivity contribution >= 4 is 11.3 Å². The van der Waals surface area contributed by atoms with Crippen LogP contribution in [-0.2, 0) is 0 Å². The summed E-state index contributed by atoms with van der Waals surface area (Å²) in [5.41, 5.74) is 5.65. The lowest BCUT2D eigenvalue weighted by Gasteiger charge is -2.26. The summed E-state index contributed by atoms with van der Waals surface area (Å²) in [5.74, 6) is 1.50. The minimum absolute atomic E-state index is 0.725. The summed E-state index contributed by atoms with van der Waals surface area (Å²) >= 11 is 1.80. The van der Waals surface area contributed by atoms with Gasteiger partial charge in [0.1, 0.15) is 0 Å². The lowest BCUT2D eigenvalue weighted by Crippen LogP contribution is -2.20. The monoisotopic (exact) mass is 196 g/mol. The van der Waals surface area contributed by atoms with Gasteiger partial charge in [-0.05, 0) is 38.1 Å². The van der Waals surface area contributed by atoms with E-state index in [0.717, 1.165) is 18.4 Å². The van der Waals surface area contributed by atoms with Crippen LogP contribution in [0, 0.1) is 5.92 Å². The smallest absolute Gasteiger partial charge is 0.0955 e. The number of nitrogens with two attached hydrogens (primary N) is 1. The quantitative estimate of drug-likeness (QED) is 0.788. The Kier molecular flexibility index (Phi) is 2.96. The van der Waals surface area contributed by atoms with Gasteiger partial charge in [0.15, 0.2) is 0 Å². The third-order valence-corrected chi connectivity index (χ3v) is 3.92. The normalized spacial score (nSPS) is 29.0. The van der Waals surface area contributed by atoms with E-state index in [1.54, 1.807) is 11.3 Å². The molecule has 1 fully saturated rings. The van der Waals surface area contributed by atoms with E-state index in [4.69, 9.17) is 5.73 Å². The lowest BCUT2D eigenvalue weighted by molar-refractivity contribution is 0.332. The van der Waals surface area contributed by atoms with Crippen LogP contribution >= 0.6 is 11.3 Å². The third-order valence-electron chi connectivity index (χ3n) is 2.98. The van der Waals surface area contributed by atoms with Gasteiger partial charge in [0.25, 0.3) is 0 Å². The summed E-state index contributed by atoms with van der Waals surface area (Å²) in [7, 11) is 0. The molecule has 0 aromatic carbocycles. The molecule has 72 valence electrons. The van der Waals surface area contributed by atoms with Crippen molar-refractivity contribution in [2.24, 2.45) is 11.7 Å². The fourth-order valence-electron chi connectivity index (χ4n) is 2.08. The molecule has 0 unspecified atom stereocenters. The van der Waals surface area contributed by atoms with Crippen LogP contribution in [0.2, 0.25) is 0 Å². The molecule has 0 bridgehead atoms. The fourth-order valence-corrected chi connectivity index (χ4v) is 2.89. The molecule has 0 saturated heterocycles. The van der Waals surface area contributed by atoms with Crippen molar-refractivity contribution in [3.8, 4) is 0 Å². The number of nitrogens with zero attached hydrogens (tertiary/aromatic N) is 1. The summed E-state index contributed by atoms with van der Waals surface area (Å²) in [6, 6.07) is 0. The Morgan fingerprint density at radius 1 is 1.38 bits per heavy atom. The number of hydrogen-bond acceptors (Lipinski definition) is 3. The molecule has 0 radical (unpaired) electrons. The first kappa shape index (κ1) is 9.16. The molecular formula is C10H16N2S. The molecule has 1 aliphatic rings. The zero-order valence-electron chi connectivity index (χ0n) is 7.78. The fraction of sp³-hybridized carbons (Fsp3) is 0.700. The Balaban J connectivity index is 1.92. The van der Waals surface area contributed by atoms with Gasteiger partial charge in [0, 0.05) is 17.5 Å². The number of aromatic nitrogens is 1. The SMILES string of the molecule is NC[C@H]1CC[C@H](c2nccs2)CC1. The van der Waals surface area contributed by atoms with Crippen LogP contribution in [0.15, 0.2) is 11.6 Å². The Morgan fingerprint density at radius 2 is 2.15 bits per heavy atom. The summed E-state index contributed by atoms with van der Waals surface area (Å²) in [6.45, 7) is 0.866. The average molecular weight is 196 g/mol. The van der Waals surface area contributed by atoms with Crippen molar-refractivity contribution in [2.75, 3.05) is 6.54 Å². The largest absolute Gasteiger partial charge is 0.330 e. The van der Waals surface area contributed by atoms with Crippen LogP contribution in [-0.4, -0.2) is 11.5 Å². The summed E-state index contributed by atoms with van der Waals surface area (Å²) in [6.07, 6.45) is 7.07. The van der Waals surface area contributed by atoms with Gasteiger partial charge in [0.05, 0.1) is 5.01 Å². The van der Waals surface area contributed by atoms with Crippen LogP contribution in [0.4, 0.5) is 0 Å². The maximum Gasteiger partial charge on any atom is 0.0955 e. The van der Waals surface area contributed by atoms with Crippen molar-refractivity contribution < 1.29 is 0 Å². The van der Waals surface area contributed by atoms with E-state index in [-0.39, 0.29) is 0 Å². The summed E-state index contributed by atoms with van der Waals surface area (Å²) in [5, 5.41) is 3.40. The molecule has 0 atom stereocenters. The van der Waals surface area contributed by atoms with Gasteiger partial charge < -0.3 is 5.73 Å². The molecule has 3 heteroatoms. The highest BCUT2D eigenvalue weighted by Crippen LogP contribution is 2.35. The van der Waals surface area contributed by atoms with E-state index in [0.29, 0.717) is 0 Å². The van der Waals surface area contributed by atoms with Gasteiger partial charge in [-0.25, -0.2) is 4.98 Å². The first-order valence-corrected chi connectivity index (χ1v) is 5.87. The van der Waals surface area contributed by atoms with E-state index in [1.807, 2.05) is 6.20 Å². The second kappa shape index (κ2) is 4.20. The molecule has 2 N–H and O–H groups in total. The molecule has 2 rings (SSSR count). The van der Waals surface area contributed by atoms with Crippen LogP contribution in [0.5, 0.6) is 0 Å². The number of hydrogen-bond donors (Lipinski definition) is 1. The van der Waals surface area contributed by atoms with Gasteiger partial charge in [-0.3, -0.25) is 0 Å². The van der Waals surface area contributed by atoms with Crippen LogP contribution in [0.25, 0.3) is 0 Å². The van der Waals surface area contributed by atoms with E-state index in [2.05, 4.69) is 10.4 Å². The van der Waals surface area contributed by atoms with Crippen molar-refractivity contribution in [2.45, 2.75) is 31.6 Å². The Labute approximate surface area is 83.2 Å². The Bertz CT molecular complexity index is 237. The summed E-state index contributed by atoms with van der Waals surface area (Å²) in [4.78, 5) is 4.38.